The van der Waals surface area contributed by atoms with Crippen LogP contribution < -0.4 is 5.73 Å². The molecule has 88 valence electrons. The maximum atomic E-state index is 11.4. The number of carbonyl (C=O) groups is 1. The summed E-state index contributed by atoms with van der Waals surface area (Å²) in [5.41, 5.74) is 5.50. The Bertz CT molecular complexity index is 243. The number of ether oxygens (including phenoxy) is 2. The molecule has 5 heteroatoms. The molecular formula is C10H18ClNO3. The summed E-state index contributed by atoms with van der Waals surface area (Å²) < 4.78 is 9.99. The van der Waals surface area contributed by atoms with Crippen LogP contribution in [0.15, 0.2) is 0 Å². The second-order valence-electron chi connectivity index (χ2n) is 4.61. The van der Waals surface area contributed by atoms with E-state index in [0.29, 0.717) is 0 Å². The standard InChI is InChI=1S/C10H17NO3.ClH/c1-13-8(12)10(11)6-9(7-10)2-4-14-5-3-9;/h2-7,11H2,1H3;1H. The topological polar surface area (TPSA) is 61.5 Å². The molecule has 1 aliphatic carbocycles. The molecule has 2 N–H and O–H groups in total. The molecule has 2 fully saturated rings. The molecule has 0 aromatic carbocycles. The Balaban J connectivity index is 0.00000112. The predicted octanol–water partition coefficient (Wildman–Crippen LogP) is 0.869. The quantitative estimate of drug-likeness (QED) is 0.685. The monoisotopic (exact) mass is 235 g/mol. The van der Waals surface area contributed by atoms with Crippen molar-refractivity contribution < 1.29 is 14.3 Å². The number of methoxy groups -OCH3 is 1. The van der Waals surface area contributed by atoms with Crippen molar-refractivity contribution in [3.63, 3.8) is 0 Å². The van der Waals surface area contributed by atoms with Crippen LogP contribution in [0.25, 0.3) is 0 Å². The number of hydrogen-bond donors (Lipinski definition) is 1. The van der Waals surface area contributed by atoms with Gasteiger partial charge in [-0.25, -0.2) is 0 Å². The van der Waals surface area contributed by atoms with Gasteiger partial charge in [-0.1, -0.05) is 0 Å². The molecule has 2 rings (SSSR count). The van der Waals surface area contributed by atoms with Gasteiger partial charge in [-0.05, 0) is 31.1 Å². The molecule has 1 aliphatic heterocycles. The first kappa shape index (κ1) is 12.7. The van der Waals surface area contributed by atoms with Crippen molar-refractivity contribution in [1.29, 1.82) is 0 Å². The van der Waals surface area contributed by atoms with Crippen LogP contribution in [0, 0.1) is 5.41 Å². The summed E-state index contributed by atoms with van der Waals surface area (Å²) in [6.07, 6.45) is 3.58. The highest BCUT2D eigenvalue weighted by atomic mass is 35.5. The van der Waals surface area contributed by atoms with Crippen LogP contribution >= 0.6 is 12.4 Å². The molecule has 0 aromatic rings. The molecule has 0 atom stereocenters. The van der Waals surface area contributed by atoms with Crippen molar-refractivity contribution in [3.05, 3.63) is 0 Å². The zero-order chi connectivity index (χ0) is 10.2. The number of hydrogen-bond acceptors (Lipinski definition) is 4. The van der Waals surface area contributed by atoms with Gasteiger partial charge in [0.25, 0.3) is 0 Å². The summed E-state index contributed by atoms with van der Waals surface area (Å²) in [6.45, 7) is 1.61. The van der Waals surface area contributed by atoms with Crippen LogP contribution in [0.1, 0.15) is 25.7 Å². The summed E-state index contributed by atoms with van der Waals surface area (Å²) in [5, 5.41) is 0. The van der Waals surface area contributed by atoms with E-state index in [4.69, 9.17) is 15.2 Å². The van der Waals surface area contributed by atoms with Crippen LogP contribution in [-0.2, 0) is 14.3 Å². The molecule has 0 aromatic heterocycles. The minimum Gasteiger partial charge on any atom is -0.468 e. The maximum Gasteiger partial charge on any atom is 0.325 e. The van der Waals surface area contributed by atoms with Gasteiger partial charge in [0, 0.05) is 13.2 Å². The summed E-state index contributed by atoms with van der Waals surface area (Å²) in [5.74, 6) is -0.269. The van der Waals surface area contributed by atoms with Crippen molar-refractivity contribution in [3.8, 4) is 0 Å². The van der Waals surface area contributed by atoms with Gasteiger partial charge in [-0.3, -0.25) is 4.79 Å². The van der Waals surface area contributed by atoms with Crippen molar-refractivity contribution in [2.75, 3.05) is 20.3 Å². The highest BCUT2D eigenvalue weighted by Gasteiger charge is 2.57. The second kappa shape index (κ2) is 4.28. The zero-order valence-electron chi connectivity index (χ0n) is 8.95. The lowest BCUT2D eigenvalue weighted by atomic mass is 9.54. The van der Waals surface area contributed by atoms with Crippen molar-refractivity contribution in [1.82, 2.24) is 0 Å². The molecule has 0 bridgehead atoms. The second-order valence-corrected chi connectivity index (χ2v) is 4.61. The van der Waals surface area contributed by atoms with Gasteiger partial charge >= 0.3 is 5.97 Å². The van der Waals surface area contributed by atoms with Crippen LogP contribution in [-0.4, -0.2) is 31.8 Å². The van der Waals surface area contributed by atoms with Crippen molar-refractivity contribution in [2.45, 2.75) is 31.2 Å². The molecule has 0 amide bonds. The Morgan fingerprint density at radius 2 is 1.87 bits per heavy atom. The van der Waals surface area contributed by atoms with Gasteiger partial charge in [-0.15, -0.1) is 12.4 Å². The Labute approximate surface area is 95.9 Å². The highest BCUT2D eigenvalue weighted by Crippen LogP contribution is 2.53. The normalized spacial score (nSPS) is 26.3. The lowest BCUT2D eigenvalue weighted by Gasteiger charge is -2.54. The van der Waals surface area contributed by atoms with Gasteiger partial charge in [0.15, 0.2) is 0 Å². The number of carbonyl (C=O) groups excluding carboxylic acids is 1. The average Bonchev–Trinajstić information content (AvgIpc) is 2.16. The molecular weight excluding hydrogens is 218 g/mol. The van der Waals surface area contributed by atoms with E-state index in [1.54, 1.807) is 0 Å². The first-order valence-corrected chi connectivity index (χ1v) is 5.05. The lowest BCUT2D eigenvalue weighted by molar-refractivity contribution is -0.162. The summed E-state index contributed by atoms with van der Waals surface area (Å²) in [4.78, 5) is 11.4. The third-order valence-electron chi connectivity index (χ3n) is 3.53. The van der Waals surface area contributed by atoms with Gasteiger partial charge < -0.3 is 15.2 Å². The average molecular weight is 236 g/mol. The number of rotatable bonds is 1. The molecule has 1 saturated heterocycles. The largest absolute Gasteiger partial charge is 0.468 e. The van der Waals surface area contributed by atoms with Crippen LogP contribution in [0.5, 0.6) is 0 Å². The molecule has 1 heterocycles. The van der Waals surface area contributed by atoms with E-state index in [9.17, 15) is 4.79 Å². The van der Waals surface area contributed by atoms with E-state index in [1.807, 2.05) is 0 Å². The van der Waals surface area contributed by atoms with Gasteiger partial charge in [-0.2, -0.15) is 0 Å². The minimum absolute atomic E-state index is 0. The maximum absolute atomic E-state index is 11.4. The molecule has 4 nitrogen and oxygen atoms in total. The molecule has 15 heavy (non-hydrogen) atoms. The van der Waals surface area contributed by atoms with E-state index in [-0.39, 0.29) is 23.8 Å². The molecule has 1 saturated carbocycles. The van der Waals surface area contributed by atoms with Crippen LogP contribution in [0.3, 0.4) is 0 Å². The molecule has 1 spiro atoms. The molecule has 0 radical (unpaired) electrons. The highest BCUT2D eigenvalue weighted by molar-refractivity contribution is 5.85. The fourth-order valence-corrected chi connectivity index (χ4v) is 2.79. The van der Waals surface area contributed by atoms with Crippen molar-refractivity contribution in [2.24, 2.45) is 11.1 Å². The third-order valence-corrected chi connectivity index (χ3v) is 3.53. The van der Waals surface area contributed by atoms with E-state index in [2.05, 4.69) is 0 Å². The van der Waals surface area contributed by atoms with Crippen LogP contribution in [0.4, 0.5) is 0 Å². The van der Waals surface area contributed by atoms with Gasteiger partial charge in [0.1, 0.15) is 5.54 Å². The van der Waals surface area contributed by atoms with E-state index in [1.165, 1.54) is 7.11 Å². The first-order chi connectivity index (χ1) is 6.60. The lowest BCUT2D eigenvalue weighted by Crippen LogP contribution is -2.64. The zero-order valence-corrected chi connectivity index (χ0v) is 9.77. The number of halogens is 1. The Morgan fingerprint density at radius 1 is 1.33 bits per heavy atom. The third kappa shape index (κ3) is 2.12. The molecule has 2 aliphatic rings. The first-order valence-electron chi connectivity index (χ1n) is 5.05. The number of esters is 1. The smallest absolute Gasteiger partial charge is 0.325 e. The predicted molar refractivity (Wildman–Crippen MR) is 57.9 cm³/mol. The molecule has 0 unspecified atom stereocenters. The Morgan fingerprint density at radius 3 is 2.33 bits per heavy atom. The number of nitrogens with two attached hydrogens (primary N) is 1. The Kier molecular flexibility index (Phi) is 3.63. The Hall–Kier alpha value is -0.320. The summed E-state index contributed by atoms with van der Waals surface area (Å²) in [7, 11) is 1.39. The summed E-state index contributed by atoms with van der Waals surface area (Å²) >= 11 is 0. The van der Waals surface area contributed by atoms with Crippen LogP contribution in [0.2, 0.25) is 0 Å². The fraction of sp³-hybridized carbons (Fsp3) is 0.900. The van der Waals surface area contributed by atoms with E-state index < -0.39 is 5.54 Å². The SMILES string of the molecule is COC(=O)C1(N)CC2(CCOCC2)C1.Cl. The summed E-state index contributed by atoms with van der Waals surface area (Å²) in [6, 6.07) is 0. The van der Waals surface area contributed by atoms with Gasteiger partial charge in [0.2, 0.25) is 0 Å². The van der Waals surface area contributed by atoms with E-state index >= 15 is 0 Å². The van der Waals surface area contributed by atoms with Crippen molar-refractivity contribution >= 4 is 18.4 Å². The fourth-order valence-electron chi connectivity index (χ4n) is 2.79. The van der Waals surface area contributed by atoms with Gasteiger partial charge in [0.05, 0.1) is 7.11 Å². The van der Waals surface area contributed by atoms with E-state index in [0.717, 1.165) is 38.9 Å². The minimum atomic E-state index is -0.716.